The number of carbonyl (C=O) groups excluding carboxylic acids is 2. The third kappa shape index (κ3) is 6.62. The first kappa shape index (κ1) is 30.0. The Hall–Kier alpha value is -3.44. The number of amides is 1. The first-order valence-electron chi connectivity index (χ1n) is 13.2. The monoisotopic (exact) mass is 640 g/mol. The third-order valence-corrected chi connectivity index (χ3v) is 9.25. The fraction of sp³-hybridized carbons (Fsp3) is 0.233. The molecule has 2 aromatic heterocycles. The number of rotatable bonds is 11. The molecule has 1 saturated heterocycles. The van der Waals surface area contributed by atoms with E-state index in [9.17, 15) is 14.7 Å². The number of carbonyl (C=O) groups is 2. The van der Waals surface area contributed by atoms with E-state index in [1.165, 1.54) is 40.4 Å². The van der Waals surface area contributed by atoms with E-state index in [-0.39, 0.29) is 16.5 Å². The maximum Gasteiger partial charge on any atom is 0.301 e. The molecule has 1 atom stereocenters. The number of anilines is 1. The summed E-state index contributed by atoms with van der Waals surface area (Å²) in [6, 6.07) is 14.7. The zero-order valence-electron chi connectivity index (χ0n) is 22.5. The molecular formula is C30H26Cl2N4O4S2. The quantitative estimate of drug-likeness (QED) is 0.0443. The van der Waals surface area contributed by atoms with E-state index in [0.29, 0.717) is 43.6 Å². The van der Waals surface area contributed by atoms with Crippen molar-refractivity contribution in [1.29, 1.82) is 0 Å². The van der Waals surface area contributed by atoms with Gasteiger partial charge in [-0.2, -0.15) is 0 Å². The molecule has 3 heterocycles. The van der Waals surface area contributed by atoms with Gasteiger partial charge in [-0.3, -0.25) is 19.5 Å². The highest BCUT2D eigenvalue weighted by atomic mass is 35.5. The lowest BCUT2D eigenvalue weighted by Crippen LogP contribution is -2.29. The molecule has 1 N–H and O–H groups in total. The van der Waals surface area contributed by atoms with Crippen LogP contribution in [0.2, 0.25) is 10.0 Å². The Balaban J connectivity index is 1.50. The van der Waals surface area contributed by atoms with Crippen LogP contribution in [0.25, 0.3) is 5.76 Å². The second kappa shape index (κ2) is 13.7. The molecule has 1 amide bonds. The largest absolute Gasteiger partial charge is 0.507 e. The molecule has 5 rings (SSSR count). The summed E-state index contributed by atoms with van der Waals surface area (Å²) in [7, 11) is 0. The fourth-order valence-corrected chi connectivity index (χ4v) is 6.89. The van der Waals surface area contributed by atoms with Crippen LogP contribution in [0.5, 0.6) is 5.75 Å². The Morgan fingerprint density at radius 3 is 2.64 bits per heavy atom. The number of nitrogens with zero attached hydrogens (tertiary/aromatic N) is 4. The number of aromatic nitrogens is 3. The zero-order chi connectivity index (χ0) is 29.6. The predicted octanol–water partition coefficient (Wildman–Crippen LogP) is 7.73. The van der Waals surface area contributed by atoms with Crippen molar-refractivity contribution in [2.45, 2.75) is 42.3 Å². The van der Waals surface area contributed by atoms with Crippen LogP contribution in [0.4, 0.5) is 5.13 Å². The summed E-state index contributed by atoms with van der Waals surface area (Å²) in [5.41, 5.74) is 1.78. The van der Waals surface area contributed by atoms with Crippen LogP contribution in [-0.2, 0) is 15.3 Å². The van der Waals surface area contributed by atoms with E-state index in [2.05, 4.69) is 22.1 Å². The van der Waals surface area contributed by atoms with Gasteiger partial charge in [0.25, 0.3) is 5.78 Å². The van der Waals surface area contributed by atoms with Crippen LogP contribution in [0, 0.1) is 0 Å². The molecule has 1 aliphatic heterocycles. The van der Waals surface area contributed by atoms with Gasteiger partial charge in [-0.05, 0) is 53.9 Å². The molecule has 4 aromatic rings. The second-order valence-electron chi connectivity index (χ2n) is 9.41. The number of unbranched alkanes of at least 4 members (excludes halogenated alkanes) is 2. The van der Waals surface area contributed by atoms with Crippen molar-refractivity contribution in [3.63, 3.8) is 0 Å². The molecule has 1 fully saturated rings. The van der Waals surface area contributed by atoms with Gasteiger partial charge in [-0.1, -0.05) is 84.3 Å². The number of halogens is 2. The Morgan fingerprint density at radius 1 is 1.07 bits per heavy atom. The summed E-state index contributed by atoms with van der Waals surface area (Å²) in [6.45, 7) is 2.67. The smallest absolute Gasteiger partial charge is 0.301 e. The molecule has 2 aromatic carbocycles. The highest BCUT2D eigenvalue weighted by Gasteiger charge is 2.48. The highest BCUT2D eigenvalue weighted by Crippen LogP contribution is 2.44. The van der Waals surface area contributed by atoms with Gasteiger partial charge >= 0.3 is 5.91 Å². The van der Waals surface area contributed by atoms with Crippen LogP contribution in [0.1, 0.15) is 48.9 Å². The second-order valence-corrected chi connectivity index (χ2v) is 12.4. The van der Waals surface area contributed by atoms with E-state index in [4.69, 9.17) is 27.9 Å². The molecule has 1 aliphatic rings. The molecule has 12 heteroatoms. The number of Topliss-reactive ketones (excluding diaryl/α,β-unsaturated/α-hetero) is 1. The minimum absolute atomic E-state index is 0.0494. The van der Waals surface area contributed by atoms with Crippen LogP contribution >= 0.6 is 46.3 Å². The number of ether oxygens (including phenoxy) is 1. The van der Waals surface area contributed by atoms with Crippen molar-refractivity contribution < 1.29 is 19.4 Å². The predicted molar refractivity (Wildman–Crippen MR) is 166 cm³/mol. The molecule has 0 radical (unpaired) electrons. The van der Waals surface area contributed by atoms with Crippen LogP contribution in [-0.4, -0.2) is 38.6 Å². The average Bonchev–Trinajstić information content (AvgIpc) is 3.57. The minimum atomic E-state index is -0.950. The van der Waals surface area contributed by atoms with Gasteiger partial charge in [0, 0.05) is 33.8 Å². The standard InChI is InChI=1S/C30H26Cl2N4O4S2/c1-2-3-4-14-40-22-7-5-6-19(15-22)25-24(26(37)18-10-12-33-13-11-18)27(38)28(39)36(25)29-34-35-30(42-29)41-17-20-8-9-21(31)16-23(20)32/h5-13,15-16,25,37H,2-4,14,17H2,1H3/b26-24+. The van der Waals surface area contributed by atoms with Gasteiger partial charge < -0.3 is 9.84 Å². The summed E-state index contributed by atoms with van der Waals surface area (Å²) in [4.78, 5) is 32.3. The number of aliphatic hydroxyl groups is 1. The summed E-state index contributed by atoms with van der Waals surface area (Å²) in [5.74, 6) is -0.813. The average molecular weight is 642 g/mol. The summed E-state index contributed by atoms with van der Waals surface area (Å²) < 4.78 is 6.54. The Bertz CT molecular complexity index is 1630. The molecule has 0 saturated carbocycles. The summed E-state index contributed by atoms with van der Waals surface area (Å²) in [6.07, 6.45) is 6.04. The van der Waals surface area contributed by atoms with Crippen molar-refractivity contribution >= 4 is 68.9 Å². The maximum absolute atomic E-state index is 13.5. The van der Waals surface area contributed by atoms with E-state index in [1.807, 2.05) is 12.1 Å². The molecular weight excluding hydrogens is 615 g/mol. The number of aliphatic hydroxyl groups excluding tert-OH is 1. The van der Waals surface area contributed by atoms with Gasteiger partial charge in [-0.15, -0.1) is 10.2 Å². The first-order valence-corrected chi connectivity index (χ1v) is 15.8. The van der Waals surface area contributed by atoms with Crippen molar-refractivity contribution in [2.24, 2.45) is 0 Å². The van der Waals surface area contributed by atoms with Crippen molar-refractivity contribution in [2.75, 3.05) is 11.5 Å². The lowest BCUT2D eigenvalue weighted by Gasteiger charge is -2.23. The minimum Gasteiger partial charge on any atom is -0.507 e. The molecule has 8 nitrogen and oxygen atoms in total. The number of ketones is 1. The van der Waals surface area contributed by atoms with Crippen LogP contribution in [0.15, 0.2) is 76.9 Å². The molecule has 0 aliphatic carbocycles. The van der Waals surface area contributed by atoms with Crippen LogP contribution in [0.3, 0.4) is 0 Å². The lowest BCUT2D eigenvalue weighted by atomic mass is 9.95. The normalized spacial score (nSPS) is 16.3. The zero-order valence-corrected chi connectivity index (χ0v) is 25.6. The maximum atomic E-state index is 13.5. The molecule has 216 valence electrons. The highest BCUT2D eigenvalue weighted by molar-refractivity contribution is 8.00. The number of pyridine rings is 1. The van der Waals surface area contributed by atoms with E-state index in [0.717, 1.165) is 24.8 Å². The topological polar surface area (TPSA) is 106 Å². The Kier molecular flexibility index (Phi) is 9.79. The SMILES string of the molecule is CCCCCOc1cccc(C2/C(=C(\O)c3ccncc3)C(=O)C(=O)N2c2nnc(SCc3ccc(Cl)cc3Cl)s2)c1. The number of hydrogen-bond acceptors (Lipinski definition) is 9. The number of hydrogen-bond donors (Lipinski definition) is 1. The molecule has 1 unspecified atom stereocenters. The van der Waals surface area contributed by atoms with E-state index < -0.39 is 17.7 Å². The third-order valence-electron chi connectivity index (χ3n) is 6.56. The lowest BCUT2D eigenvalue weighted by molar-refractivity contribution is -0.132. The Morgan fingerprint density at radius 2 is 1.88 bits per heavy atom. The van der Waals surface area contributed by atoms with Gasteiger partial charge in [0.2, 0.25) is 5.13 Å². The summed E-state index contributed by atoms with van der Waals surface area (Å²) in [5, 5.41) is 21.1. The number of thioether (sulfide) groups is 1. The molecule has 0 spiro atoms. The molecule has 42 heavy (non-hydrogen) atoms. The van der Waals surface area contributed by atoms with Gasteiger partial charge in [0.15, 0.2) is 4.34 Å². The van der Waals surface area contributed by atoms with Gasteiger partial charge in [0.1, 0.15) is 11.5 Å². The Labute approximate surface area is 261 Å². The van der Waals surface area contributed by atoms with Crippen molar-refractivity contribution in [3.05, 3.63) is 99.3 Å². The van der Waals surface area contributed by atoms with Gasteiger partial charge in [-0.25, -0.2) is 0 Å². The first-order chi connectivity index (χ1) is 20.4. The van der Waals surface area contributed by atoms with E-state index in [1.54, 1.807) is 42.5 Å². The molecule has 0 bridgehead atoms. The number of benzene rings is 2. The summed E-state index contributed by atoms with van der Waals surface area (Å²) >= 11 is 14.9. The van der Waals surface area contributed by atoms with Crippen molar-refractivity contribution in [1.82, 2.24) is 15.2 Å². The van der Waals surface area contributed by atoms with Gasteiger partial charge in [0.05, 0.1) is 18.2 Å². The van der Waals surface area contributed by atoms with Crippen molar-refractivity contribution in [3.8, 4) is 5.75 Å². The van der Waals surface area contributed by atoms with E-state index >= 15 is 0 Å². The fourth-order valence-electron chi connectivity index (χ4n) is 4.46. The van der Waals surface area contributed by atoms with Crippen LogP contribution < -0.4 is 9.64 Å².